The number of ether oxygens (including phenoxy) is 1. The highest BCUT2D eigenvalue weighted by atomic mass is 16.5. The maximum atomic E-state index is 11.7. The highest BCUT2D eigenvalue weighted by Gasteiger charge is 2.16. The lowest BCUT2D eigenvalue weighted by atomic mass is 10.1. The summed E-state index contributed by atoms with van der Waals surface area (Å²) in [6, 6.07) is 4.05. The minimum Gasteiger partial charge on any atom is -0.501 e. The molecule has 1 N–H and O–H groups in total. The molecule has 0 aromatic heterocycles. The first kappa shape index (κ1) is 16.0. The van der Waals surface area contributed by atoms with Gasteiger partial charge in [-0.05, 0) is 12.5 Å². The Morgan fingerprint density at radius 1 is 1.25 bits per heavy atom. The number of aromatic hydroxyl groups is 1. The summed E-state index contributed by atoms with van der Waals surface area (Å²) in [5.74, 6) is -0.722. The second kappa shape index (κ2) is 8.92. The Balaban J connectivity index is 2.29. The number of diazo groups is 1. The van der Waals surface area contributed by atoms with E-state index in [2.05, 4.69) is 11.9 Å². The van der Waals surface area contributed by atoms with Crippen LogP contribution in [-0.4, -0.2) is 17.7 Å². The summed E-state index contributed by atoms with van der Waals surface area (Å²) >= 11 is 0. The second-order valence-corrected chi connectivity index (χ2v) is 4.71. The smallest absolute Gasteiger partial charge is 0.426 e. The minimum atomic E-state index is -0.474. The third-order valence-corrected chi connectivity index (χ3v) is 3.05. The van der Waals surface area contributed by atoms with Crippen molar-refractivity contribution >= 4 is 11.7 Å². The van der Waals surface area contributed by atoms with Gasteiger partial charge in [0.2, 0.25) is 11.1 Å². The number of nitrogens with zero attached hydrogens (tertiary/aromatic N) is 2. The lowest BCUT2D eigenvalue weighted by Gasteiger charge is -2.04. The summed E-state index contributed by atoms with van der Waals surface area (Å²) in [5, 5.41) is 18.0. The number of carbonyl (C=O) groups is 1. The van der Waals surface area contributed by atoms with Crippen LogP contribution in [0.15, 0.2) is 18.2 Å². The predicted octanol–water partition coefficient (Wildman–Crippen LogP) is 4.39. The van der Waals surface area contributed by atoms with Crippen LogP contribution in [0.4, 0.5) is 5.69 Å². The van der Waals surface area contributed by atoms with Gasteiger partial charge in [-0.25, -0.2) is 4.79 Å². The Labute approximate surface area is 119 Å². The normalized spacial score (nSPS) is 10.0. The van der Waals surface area contributed by atoms with E-state index in [4.69, 9.17) is 10.1 Å². The molecule has 20 heavy (non-hydrogen) atoms. The molecule has 5 nitrogen and oxygen atoms in total. The molecule has 0 saturated heterocycles. The van der Waals surface area contributed by atoms with E-state index < -0.39 is 5.97 Å². The molecule has 0 fully saturated rings. The number of unbranched alkanes of at least 4 members (excludes halogenated alkanes) is 5. The summed E-state index contributed by atoms with van der Waals surface area (Å²) in [5.41, 5.74) is 0.276. The zero-order valence-corrected chi connectivity index (χ0v) is 11.8. The number of rotatable bonds is 8. The van der Waals surface area contributed by atoms with Crippen LogP contribution < -0.4 is 0 Å². The first-order chi connectivity index (χ1) is 9.69. The number of phenolic OH excluding ortho intramolecular Hbond substituents is 1. The number of hydrogen-bond donors (Lipinski definition) is 1. The van der Waals surface area contributed by atoms with Crippen LogP contribution >= 0.6 is 0 Å². The summed E-state index contributed by atoms with van der Waals surface area (Å²) in [6.45, 7) is 2.56. The van der Waals surface area contributed by atoms with Gasteiger partial charge in [-0.3, -0.25) is 0 Å². The molecule has 1 rings (SSSR count). The van der Waals surface area contributed by atoms with E-state index in [1.54, 1.807) is 0 Å². The average molecular weight is 277 g/mol. The molecular weight excluding hydrogens is 256 g/mol. The van der Waals surface area contributed by atoms with Crippen molar-refractivity contribution in [3.8, 4) is 5.75 Å². The van der Waals surface area contributed by atoms with Crippen molar-refractivity contribution in [2.75, 3.05) is 6.61 Å². The molecular formula is C15H21N2O3+. The molecule has 1 aromatic rings. The molecule has 1 aromatic carbocycles. The molecule has 0 aliphatic carbocycles. The van der Waals surface area contributed by atoms with Gasteiger partial charge in [0.15, 0.2) is 4.98 Å². The SMILES string of the molecule is CCCCCCCCOC(=O)c1ccc([N+]#N)c(O)c1. The van der Waals surface area contributed by atoms with Crippen molar-refractivity contribution in [1.82, 2.24) is 0 Å². The average Bonchev–Trinajstić information content (AvgIpc) is 2.46. The molecule has 0 aliphatic rings. The first-order valence-corrected chi connectivity index (χ1v) is 7.04. The Bertz CT molecular complexity index is 480. The molecule has 0 unspecified atom stereocenters. The van der Waals surface area contributed by atoms with Crippen molar-refractivity contribution < 1.29 is 14.6 Å². The van der Waals surface area contributed by atoms with E-state index in [-0.39, 0.29) is 17.0 Å². The van der Waals surface area contributed by atoms with E-state index in [9.17, 15) is 9.90 Å². The van der Waals surface area contributed by atoms with Crippen LogP contribution in [0.25, 0.3) is 4.98 Å². The summed E-state index contributed by atoms with van der Waals surface area (Å²) < 4.78 is 5.12. The predicted molar refractivity (Wildman–Crippen MR) is 76.5 cm³/mol. The van der Waals surface area contributed by atoms with Gasteiger partial charge in [0.05, 0.1) is 12.2 Å². The van der Waals surface area contributed by atoms with Crippen LogP contribution in [0.2, 0.25) is 0 Å². The van der Waals surface area contributed by atoms with Gasteiger partial charge < -0.3 is 9.84 Å². The number of hydrogen-bond acceptors (Lipinski definition) is 4. The van der Waals surface area contributed by atoms with Crippen LogP contribution in [0.1, 0.15) is 55.8 Å². The van der Waals surface area contributed by atoms with Crippen LogP contribution in [0.5, 0.6) is 5.75 Å². The largest absolute Gasteiger partial charge is 0.501 e. The van der Waals surface area contributed by atoms with Crippen LogP contribution in [0.3, 0.4) is 0 Å². The molecule has 0 heterocycles. The van der Waals surface area contributed by atoms with E-state index in [1.165, 1.54) is 43.9 Å². The van der Waals surface area contributed by atoms with E-state index in [1.807, 2.05) is 0 Å². The zero-order chi connectivity index (χ0) is 14.8. The van der Waals surface area contributed by atoms with Crippen molar-refractivity contribution in [1.29, 1.82) is 5.39 Å². The maximum absolute atomic E-state index is 11.7. The highest BCUT2D eigenvalue weighted by molar-refractivity contribution is 5.90. The Morgan fingerprint density at radius 3 is 2.60 bits per heavy atom. The van der Waals surface area contributed by atoms with Gasteiger partial charge in [-0.15, -0.1) is 0 Å². The lowest BCUT2D eigenvalue weighted by molar-refractivity contribution is 0.0497. The Morgan fingerprint density at radius 2 is 1.95 bits per heavy atom. The molecule has 0 bridgehead atoms. The van der Waals surface area contributed by atoms with Crippen molar-refractivity contribution in [3.05, 3.63) is 28.7 Å². The summed E-state index contributed by atoms with van der Waals surface area (Å²) in [7, 11) is 0. The molecule has 0 amide bonds. The van der Waals surface area contributed by atoms with Gasteiger partial charge in [-0.2, -0.15) is 0 Å². The number of carbonyl (C=O) groups excluding carboxylic acids is 1. The zero-order valence-electron chi connectivity index (χ0n) is 11.8. The van der Waals surface area contributed by atoms with Gasteiger partial charge >= 0.3 is 11.7 Å². The molecule has 0 saturated carbocycles. The van der Waals surface area contributed by atoms with Crippen LogP contribution in [-0.2, 0) is 4.74 Å². The third-order valence-electron chi connectivity index (χ3n) is 3.05. The minimum absolute atomic E-state index is 0.0254. The van der Waals surface area contributed by atoms with E-state index in [0.717, 1.165) is 12.8 Å². The fraction of sp³-hybridized carbons (Fsp3) is 0.533. The van der Waals surface area contributed by atoms with Gasteiger partial charge in [0.1, 0.15) is 0 Å². The molecule has 0 atom stereocenters. The Kier molecular flexibility index (Phi) is 7.12. The summed E-state index contributed by atoms with van der Waals surface area (Å²) in [4.78, 5) is 14.6. The number of phenols is 1. The van der Waals surface area contributed by atoms with Gasteiger partial charge in [0.25, 0.3) is 0 Å². The second-order valence-electron chi connectivity index (χ2n) is 4.71. The standard InChI is InChI=1S/C15H20N2O3/c1-2-3-4-5-6-7-10-20-15(19)12-8-9-13(17-16)14(18)11-12/h8-9,11H,2-7,10H2,1H3/p+1. The molecule has 5 heteroatoms. The number of esters is 1. The van der Waals surface area contributed by atoms with E-state index >= 15 is 0 Å². The fourth-order valence-corrected chi connectivity index (χ4v) is 1.87. The Hall–Kier alpha value is -2.09. The van der Waals surface area contributed by atoms with Gasteiger partial charge in [-0.1, -0.05) is 39.0 Å². The van der Waals surface area contributed by atoms with E-state index in [0.29, 0.717) is 6.61 Å². The van der Waals surface area contributed by atoms with Crippen molar-refractivity contribution in [2.45, 2.75) is 45.4 Å². The highest BCUT2D eigenvalue weighted by Crippen LogP contribution is 2.27. The molecule has 108 valence electrons. The summed E-state index contributed by atoms with van der Waals surface area (Å²) in [6.07, 6.45) is 6.77. The lowest BCUT2D eigenvalue weighted by Crippen LogP contribution is -2.06. The van der Waals surface area contributed by atoms with Crippen molar-refractivity contribution in [2.24, 2.45) is 0 Å². The molecule has 0 spiro atoms. The maximum Gasteiger partial charge on any atom is 0.426 e. The molecule has 0 radical (unpaired) electrons. The quantitative estimate of drug-likeness (QED) is 0.434. The third kappa shape index (κ3) is 5.27. The fourth-order valence-electron chi connectivity index (χ4n) is 1.87. The number of benzene rings is 1. The monoisotopic (exact) mass is 277 g/mol. The van der Waals surface area contributed by atoms with Crippen molar-refractivity contribution in [3.63, 3.8) is 0 Å². The first-order valence-electron chi connectivity index (χ1n) is 7.04. The topological polar surface area (TPSA) is 74.7 Å². The molecule has 0 aliphatic heterocycles. The van der Waals surface area contributed by atoms with Gasteiger partial charge in [0, 0.05) is 12.1 Å². The van der Waals surface area contributed by atoms with Crippen LogP contribution in [0, 0.1) is 5.39 Å².